The molecule has 0 atom stereocenters. The van der Waals surface area contributed by atoms with Crippen molar-refractivity contribution >= 4 is 16.8 Å². The lowest BCUT2D eigenvalue weighted by Crippen LogP contribution is -2.17. The van der Waals surface area contributed by atoms with Gasteiger partial charge in [0.15, 0.2) is 11.6 Å². The second kappa shape index (κ2) is 3.97. The molecule has 0 aliphatic heterocycles. The Labute approximate surface area is 89.6 Å². The van der Waals surface area contributed by atoms with Gasteiger partial charge in [-0.05, 0) is 11.6 Å². The van der Waals surface area contributed by atoms with Crippen LogP contribution in [0.3, 0.4) is 0 Å². The van der Waals surface area contributed by atoms with E-state index in [1.807, 2.05) is 0 Å². The van der Waals surface area contributed by atoms with Crippen LogP contribution < -0.4 is 0 Å². The standard InChI is InChI=1S/C8HClF6O/c9-7(16)4-2(10)1-3(11)6(12)5(4)8(13,14)15/h1H. The minimum Gasteiger partial charge on any atom is -0.275 e. The van der Waals surface area contributed by atoms with E-state index in [-0.39, 0.29) is 6.07 Å². The summed E-state index contributed by atoms with van der Waals surface area (Å²) in [7, 11) is 0. The molecule has 0 N–H and O–H groups in total. The Morgan fingerprint density at radius 3 is 2.00 bits per heavy atom. The maximum absolute atomic E-state index is 12.9. The number of benzene rings is 1. The quantitative estimate of drug-likeness (QED) is 0.430. The zero-order valence-electron chi connectivity index (χ0n) is 7.13. The van der Waals surface area contributed by atoms with Crippen LogP contribution in [0.1, 0.15) is 15.9 Å². The molecule has 0 radical (unpaired) electrons. The molecule has 8 heteroatoms. The van der Waals surface area contributed by atoms with Gasteiger partial charge in [0.1, 0.15) is 11.4 Å². The summed E-state index contributed by atoms with van der Waals surface area (Å²) >= 11 is 4.68. The molecule has 0 aliphatic carbocycles. The molecule has 0 spiro atoms. The monoisotopic (exact) mass is 262 g/mol. The van der Waals surface area contributed by atoms with Gasteiger partial charge in [-0.2, -0.15) is 13.2 Å². The molecule has 16 heavy (non-hydrogen) atoms. The van der Waals surface area contributed by atoms with Gasteiger partial charge in [0.2, 0.25) is 0 Å². The van der Waals surface area contributed by atoms with Gasteiger partial charge in [0.05, 0.1) is 5.56 Å². The van der Waals surface area contributed by atoms with Gasteiger partial charge in [-0.25, -0.2) is 13.2 Å². The Hall–Kier alpha value is -1.24. The summed E-state index contributed by atoms with van der Waals surface area (Å²) in [6, 6.07) is -0.180. The first-order valence-electron chi connectivity index (χ1n) is 3.60. The van der Waals surface area contributed by atoms with E-state index in [2.05, 4.69) is 11.6 Å². The maximum Gasteiger partial charge on any atom is 0.420 e. The first-order valence-corrected chi connectivity index (χ1v) is 3.98. The number of rotatable bonds is 1. The smallest absolute Gasteiger partial charge is 0.275 e. The number of hydrogen-bond acceptors (Lipinski definition) is 1. The van der Waals surface area contributed by atoms with Crippen LogP contribution in [0.2, 0.25) is 0 Å². The average molecular weight is 263 g/mol. The molecule has 0 aromatic heterocycles. The number of halogens is 7. The molecule has 1 aromatic carbocycles. The highest BCUT2D eigenvalue weighted by molar-refractivity contribution is 6.68. The third-order valence-electron chi connectivity index (χ3n) is 1.65. The van der Waals surface area contributed by atoms with Crippen molar-refractivity contribution in [1.82, 2.24) is 0 Å². The van der Waals surface area contributed by atoms with Gasteiger partial charge >= 0.3 is 6.18 Å². The Kier molecular flexibility index (Phi) is 3.18. The lowest BCUT2D eigenvalue weighted by molar-refractivity contribution is -0.140. The molecule has 1 rings (SSSR count). The molecular formula is C8HClF6O. The fourth-order valence-electron chi connectivity index (χ4n) is 1.05. The zero-order valence-corrected chi connectivity index (χ0v) is 7.89. The lowest BCUT2D eigenvalue weighted by atomic mass is 10.1. The van der Waals surface area contributed by atoms with Crippen molar-refractivity contribution in [1.29, 1.82) is 0 Å². The van der Waals surface area contributed by atoms with Gasteiger partial charge in [-0.3, -0.25) is 4.79 Å². The summed E-state index contributed by atoms with van der Waals surface area (Å²) in [6.07, 6.45) is -5.42. The molecule has 0 unspecified atom stereocenters. The number of carbonyl (C=O) groups is 1. The molecule has 0 saturated carbocycles. The van der Waals surface area contributed by atoms with Gasteiger partial charge < -0.3 is 0 Å². The molecule has 0 saturated heterocycles. The Morgan fingerprint density at radius 1 is 1.12 bits per heavy atom. The molecule has 0 bridgehead atoms. The first-order chi connectivity index (χ1) is 7.16. The van der Waals surface area contributed by atoms with Crippen LogP contribution in [-0.2, 0) is 6.18 Å². The molecule has 0 aliphatic rings. The topological polar surface area (TPSA) is 17.1 Å². The number of carbonyl (C=O) groups excluding carboxylic acids is 1. The predicted molar refractivity (Wildman–Crippen MR) is 41.5 cm³/mol. The number of alkyl halides is 3. The summed E-state index contributed by atoms with van der Waals surface area (Å²) in [5.41, 5.74) is -4.07. The molecule has 0 amide bonds. The van der Waals surface area contributed by atoms with E-state index in [0.29, 0.717) is 0 Å². The summed E-state index contributed by atoms with van der Waals surface area (Å²) in [4.78, 5) is 10.5. The molecular weight excluding hydrogens is 262 g/mol. The van der Waals surface area contributed by atoms with Gasteiger partial charge in [0.25, 0.3) is 5.24 Å². The summed E-state index contributed by atoms with van der Waals surface area (Å²) < 4.78 is 75.0. The van der Waals surface area contributed by atoms with Crippen molar-refractivity contribution < 1.29 is 31.1 Å². The molecule has 88 valence electrons. The van der Waals surface area contributed by atoms with Crippen LogP contribution >= 0.6 is 11.6 Å². The van der Waals surface area contributed by atoms with E-state index < -0.39 is 40.0 Å². The predicted octanol–water partition coefficient (Wildman–Crippen LogP) is 3.50. The first kappa shape index (κ1) is 12.8. The van der Waals surface area contributed by atoms with Crippen LogP contribution in [0.25, 0.3) is 0 Å². The van der Waals surface area contributed by atoms with Crippen molar-refractivity contribution in [3.05, 3.63) is 34.6 Å². The van der Waals surface area contributed by atoms with Crippen LogP contribution in [0.15, 0.2) is 6.07 Å². The third kappa shape index (κ3) is 2.13. The van der Waals surface area contributed by atoms with Crippen LogP contribution in [-0.4, -0.2) is 5.24 Å². The maximum atomic E-state index is 12.9. The average Bonchev–Trinajstić information content (AvgIpc) is 2.07. The second-order valence-corrected chi connectivity index (χ2v) is 3.02. The van der Waals surface area contributed by atoms with E-state index in [1.54, 1.807) is 0 Å². The number of hydrogen-bond donors (Lipinski definition) is 0. The Morgan fingerprint density at radius 2 is 1.62 bits per heavy atom. The fourth-order valence-corrected chi connectivity index (χ4v) is 1.24. The molecule has 1 nitrogen and oxygen atoms in total. The van der Waals surface area contributed by atoms with E-state index in [9.17, 15) is 31.1 Å². The minimum absolute atomic E-state index is 0.180. The molecule has 1 aromatic rings. The van der Waals surface area contributed by atoms with Crippen molar-refractivity contribution in [2.45, 2.75) is 6.18 Å². The van der Waals surface area contributed by atoms with Crippen molar-refractivity contribution in [2.24, 2.45) is 0 Å². The van der Waals surface area contributed by atoms with Gasteiger partial charge in [0, 0.05) is 6.07 Å². The summed E-state index contributed by atoms with van der Waals surface area (Å²) in [5.74, 6) is -6.28. The summed E-state index contributed by atoms with van der Waals surface area (Å²) in [5, 5.41) is -1.86. The molecule has 0 heterocycles. The van der Waals surface area contributed by atoms with Crippen LogP contribution in [0.4, 0.5) is 26.3 Å². The third-order valence-corrected chi connectivity index (χ3v) is 1.84. The highest BCUT2D eigenvalue weighted by Crippen LogP contribution is 2.36. The van der Waals surface area contributed by atoms with E-state index >= 15 is 0 Å². The largest absolute Gasteiger partial charge is 0.420 e. The Balaban J connectivity index is 3.72. The van der Waals surface area contributed by atoms with Crippen molar-refractivity contribution in [3.8, 4) is 0 Å². The highest BCUT2D eigenvalue weighted by atomic mass is 35.5. The van der Waals surface area contributed by atoms with Crippen LogP contribution in [0, 0.1) is 17.5 Å². The molecule has 0 fully saturated rings. The van der Waals surface area contributed by atoms with E-state index in [0.717, 1.165) is 0 Å². The van der Waals surface area contributed by atoms with Crippen molar-refractivity contribution in [2.75, 3.05) is 0 Å². The normalized spacial score (nSPS) is 11.7. The van der Waals surface area contributed by atoms with E-state index in [4.69, 9.17) is 0 Å². The van der Waals surface area contributed by atoms with Gasteiger partial charge in [-0.1, -0.05) is 0 Å². The van der Waals surface area contributed by atoms with Gasteiger partial charge in [-0.15, -0.1) is 0 Å². The second-order valence-electron chi connectivity index (χ2n) is 2.68. The SMILES string of the molecule is O=C(Cl)c1c(F)cc(F)c(F)c1C(F)(F)F. The Bertz CT molecular complexity index is 453. The van der Waals surface area contributed by atoms with E-state index in [1.165, 1.54) is 0 Å². The fraction of sp³-hybridized carbons (Fsp3) is 0.125. The minimum atomic E-state index is -5.42. The van der Waals surface area contributed by atoms with Crippen molar-refractivity contribution in [3.63, 3.8) is 0 Å². The van der Waals surface area contributed by atoms with Crippen LogP contribution in [0.5, 0.6) is 0 Å². The highest BCUT2D eigenvalue weighted by Gasteiger charge is 2.41. The lowest BCUT2D eigenvalue weighted by Gasteiger charge is -2.12. The summed E-state index contributed by atoms with van der Waals surface area (Å²) in [6.45, 7) is 0. The zero-order chi connectivity index (χ0) is 12.7.